The lowest BCUT2D eigenvalue weighted by atomic mass is 10.0. The van der Waals surface area contributed by atoms with Crippen LogP contribution in [0, 0.1) is 0 Å². The lowest BCUT2D eigenvalue weighted by Gasteiger charge is -2.33. The Balaban J connectivity index is 1.85. The molecule has 1 amide bonds. The van der Waals surface area contributed by atoms with Gasteiger partial charge in [0.1, 0.15) is 12.3 Å². The number of carboxylic acid groups (broad SMARTS) is 2. The molecule has 0 saturated carbocycles. The van der Waals surface area contributed by atoms with Crippen LogP contribution >= 0.6 is 11.6 Å². The molecule has 4 atom stereocenters. The SMILES string of the molecule is O=C(O)CCC(NC(=O)Cc1cn(C2CC(O)CC(CO)O2)c2ccc(Cl)cc12)C(=O)O. The van der Waals surface area contributed by atoms with E-state index < -0.39 is 42.3 Å². The molecule has 5 N–H and O–H groups in total. The molecule has 1 aliphatic rings. The van der Waals surface area contributed by atoms with Crippen molar-refractivity contribution in [3.05, 3.63) is 35.0 Å². The minimum atomic E-state index is -1.32. The molecule has 0 bridgehead atoms. The number of carbonyl (C=O) groups excluding carboxylic acids is 1. The van der Waals surface area contributed by atoms with Gasteiger partial charge in [0.25, 0.3) is 0 Å². The molecular weight excluding hydrogens is 444 g/mol. The van der Waals surface area contributed by atoms with Gasteiger partial charge in [-0.1, -0.05) is 11.6 Å². The van der Waals surface area contributed by atoms with Crippen molar-refractivity contribution in [2.75, 3.05) is 6.61 Å². The summed E-state index contributed by atoms with van der Waals surface area (Å²) in [5.41, 5.74) is 1.26. The zero-order valence-electron chi connectivity index (χ0n) is 17.1. The van der Waals surface area contributed by atoms with Crippen molar-refractivity contribution in [3.8, 4) is 0 Å². The maximum absolute atomic E-state index is 12.6. The molecule has 1 aromatic carbocycles. The van der Waals surface area contributed by atoms with E-state index in [1.807, 2.05) is 0 Å². The van der Waals surface area contributed by atoms with Crippen molar-refractivity contribution in [1.82, 2.24) is 9.88 Å². The molecule has 3 rings (SSSR count). The van der Waals surface area contributed by atoms with Crippen LogP contribution in [0.3, 0.4) is 0 Å². The van der Waals surface area contributed by atoms with Crippen LogP contribution < -0.4 is 5.32 Å². The molecule has 0 radical (unpaired) electrons. The topological polar surface area (TPSA) is 158 Å². The number of amides is 1. The lowest BCUT2D eigenvalue weighted by molar-refractivity contribution is -0.143. The summed E-state index contributed by atoms with van der Waals surface area (Å²) in [6, 6.07) is 3.79. The number of aromatic nitrogens is 1. The number of halogens is 1. The first-order valence-electron chi connectivity index (χ1n) is 10.1. The van der Waals surface area contributed by atoms with E-state index in [1.54, 1.807) is 29.0 Å². The van der Waals surface area contributed by atoms with E-state index in [2.05, 4.69) is 5.32 Å². The number of hydrogen-bond acceptors (Lipinski definition) is 6. The summed E-state index contributed by atoms with van der Waals surface area (Å²) < 4.78 is 7.65. The minimum Gasteiger partial charge on any atom is -0.481 e. The fraction of sp³-hybridized carbons (Fsp3) is 0.476. The molecule has 1 saturated heterocycles. The average Bonchev–Trinajstić information content (AvgIpc) is 3.07. The molecule has 2 heterocycles. The Bertz CT molecular complexity index is 1010. The summed E-state index contributed by atoms with van der Waals surface area (Å²) in [7, 11) is 0. The van der Waals surface area contributed by atoms with Gasteiger partial charge < -0.3 is 35.0 Å². The molecule has 1 aromatic heterocycles. The molecule has 11 heteroatoms. The first kappa shape index (κ1) is 24.0. The van der Waals surface area contributed by atoms with Gasteiger partial charge in [0.2, 0.25) is 5.91 Å². The first-order chi connectivity index (χ1) is 15.2. The van der Waals surface area contributed by atoms with Crippen LogP contribution in [0.15, 0.2) is 24.4 Å². The Morgan fingerprint density at radius 1 is 1.25 bits per heavy atom. The summed E-state index contributed by atoms with van der Waals surface area (Å²) in [6.07, 6.45) is -0.243. The van der Waals surface area contributed by atoms with Crippen LogP contribution in [-0.4, -0.2) is 67.7 Å². The highest BCUT2D eigenvalue weighted by molar-refractivity contribution is 6.31. The van der Waals surface area contributed by atoms with Crippen molar-refractivity contribution in [3.63, 3.8) is 0 Å². The highest BCUT2D eigenvalue weighted by Crippen LogP contribution is 2.33. The van der Waals surface area contributed by atoms with Gasteiger partial charge in [-0.25, -0.2) is 4.79 Å². The monoisotopic (exact) mass is 468 g/mol. The summed E-state index contributed by atoms with van der Waals surface area (Å²) in [5.74, 6) is -3.05. The van der Waals surface area contributed by atoms with Gasteiger partial charge in [0.05, 0.1) is 30.8 Å². The zero-order valence-corrected chi connectivity index (χ0v) is 17.9. The van der Waals surface area contributed by atoms with Crippen molar-refractivity contribution in [2.24, 2.45) is 0 Å². The van der Waals surface area contributed by atoms with Gasteiger partial charge in [-0.2, -0.15) is 0 Å². The number of aliphatic hydroxyl groups is 2. The summed E-state index contributed by atoms with van der Waals surface area (Å²) in [4.78, 5) is 34.7. The number of carbonyl (C=O) groups is 3. The molecule has 10 nitrogen and oxygen atoms in total. The van der Waals surface area contributed by atoms with Crippen LogP contribution in [-0.2, 0) is 25.5 Å². The number of ether oxygens (including phenoxy) is 1. The van der Waals surface area contributed by atoms with Gasteiger partial charge in [-0.3, -0.25) is 9.59 Å². The van der Waals surface area contributed by atoms with Crippen molar-refractivity contribution < 1.29 is 39.5 Å². The number of rotatable bonds is 9. The maximum atomic E-state index is 12.6. The Hall–Kier alpha value is -2.66. The van der Waals surface area contributed by atoms with Crippen LogP contribution in [0.2, 0.25) is 5.02 Å². The normalized spacial score (nSPS) is 21.9. The number of aliphatic hydroxyl groups excluding tert-OH is 2. The Morgan fingerprint density at radius 3 is 2.66 bits per heavy atom. The Kier molecular flexibility index (Phi) is 7.73. The Labute approximate surface area is 188 Å². The number of hydrogen-bond donors (Lipinski definition) is 5. The third kappa shape index (κ3) is 5.77. The Morgan fingerprint density at radius 2 is 2.00 bits per heavy atom. The minimum absolute atomic E-state index is 0.167. The van der Waals surface area contributed by atoms with Gasteiger partial charge in [0.15, 0.2) is 0 Å². The molecule has 174 valence electrons. The highest BCUT2D eigenvalue weighted by atomic mass is 35.5. The summed E-state index contributed by atoms with van der Waals surface area (Å²) in [6.45, 7) is -0.235. The molecule has 32 heavy (non-hydrogen) atoms. The van der Waals surface area contributed by atoms with E-state index in [9.17, 15) is 29.7 Å². The van der Waals surface area contributed by atoms with Crippen LogP contribution in [0.5, 0.6) is 0 Å². The quantitative estimate of drug-likeness (QED) is 0.368. The van der Waals surface area contributed by atoms with E-state index in [0.29, 0.717) is 34.3 Å². The second-order valence-electron chi connectivity index (χ2n) is 7.81. The molecule has 1 aliphatic heterocycles. The maximum Gasteiger partial charge on any atom is 0.326 e. The molecular formula is C21H25ClN2O8. The van der Waals surface area contributed by atoms with Crippen molar-refractivity contribution >= 4 is 40.3 Å². The van der Waals surface area contributed by atoms with Gasteiger partial charge >= 0.3 is 11.9 Å². The number of nitrogens with one attached hydrogen (secondary N) is 1. The van der Waals surface area contributed by atoms with Gasteiger partial charge in [-0.05, 0) is 30.2 Å². The molecule has 0 spiro atoms. The summed E-state index contributed by atoms with van der Waals surface area (Å²) in [5, 5.41) is 41.1. The number of aliphatic carboxylic acids is 2. The molecule has 0 aliphatic carbocycles. The number of benzene rings is 1. The second kappa shape index (κ2) is 10.3. The van der Waals surface area contributed by atoms with E-state index in [-0.39, 0.29) is 25.9 Å². The third-order valence-electron chi connectivity index (χ3n) is 5.38. The fourth-order valence-electron chi connectivity index (χ4n) is 3.88. The lowest BCUT2D eigenvalue weighted by Crippen LogP contribution is -2.41. The standard InChI is InChI=1S/C21H25ClN2O8/c22-12-1-3-17-15(6-12)11(5-18(27)23-16(21(30)31)2-4-20(28)29)9-24(17)19-8-13(26)7-14(10-25)32-19/h1,3,6,9,13-14,16,19,25-26H,2,4-5,7-8,10H2,(H,23,27)(H,28,29)(H,30,31). The first-order valence-corrected chi connectivity index (χ1v) is 10.5. The fourth-order valence-corrected chi connectivity index (χ4v) is 4.05. The van der Waals surface area contributed by atoms with Crippen LogP contribution in [0.25, 0.3) is 10.9 Å². The highest BCUT2D eigenvalue weighted by Gasteiger charge is 2.30. The molecule has 4 unspecified atom stereocenters. The number of nitrogens with zero attached hydrogens (tertiary/aromatic N) is 1. The average molecular weight is 469 g/mol. The van der Waals surface area contributed by atoms with E-state index in [1.165, 1.54) is 0 Å². The van der Waals surface area contributed by atoms with E-state index in [0.717, 1.165) is 0 Å². The number of carboxylic acids is 2. The second-order valence-corrected chi connectivity index (χ2v) is 8.25. The van der Waals surface area contributed by atoms with Gasteiger partial charge in [-0.15, -0.1) is 0 Å². The van der Waals surface area contributed by atoms with Crippen LogP contribution in [0.1, 0.15) is 37.5 Å². The molecule has 1 fully saturated rings. The largest absolute Gasteiger partial charge is 0.481 e. The number of fused-ring (bicyclic) bond motifs is 1. The molecule has 2 aromatic rings. The third-order valence-corrected chi connectivity index (χ3v) is 5.62. The van der Waals surface area contributed by atoms with E-state index in [4.69, 9.17) is 21.4 Å². The predicted molar refractivity (Wildman–Crippen MR) is 113 cm³/mol. The summed E-state index contributed by atoms with van der Waals surface area (Å²) >= 11 is 6.14. The van der Waals surface area contributed by atoms with E-state index >= 15 is 0 Å². The van der Waals surface area contributed by atoms with Crippen molar-refractivity contribution in [1.29, 1.82) is 0 Å². The van der Waals surface area contributed by atoms with Crippen molar-refractivity contribution in [2.45, 2.75) is 56.6 Å². The van der Waals surface area contributed by atoms with Crippen LogP contribution in [0.4, 0.5) is 0 Å². The smallest absolute Gasteiger partial charge is 0.326 e. The zero-order chi connectivity index (χ0) is 23.4. The predicted octanol–water partition coefficient (Wildman–Crippen LogP) is 1.30. The van der Waals surface area contributed by atoms with Gasteiger partial charge in [0, 0.05) is 35.9 Å².